The van der Waals surface area contributed by atoms with Gasteiger partial charge in [-0.3, -0.25) is 0 Å². The second kappa shape index (κ2) is 5.83. The predicted molar refractivity (Wildman–Crippen MR) is 80.8 cm³/mol. The normalized spacial score (nSPS) is 20.0. The van der Waals surface area contributed by atoms with E-state index in [2.05, 4.69) is 0 Å². The van der Waals surface area contributed by atoms with E-state index in [1.807, 2.05) is 30.3 Å². The van der Waals surface area contributed by atoms with Crippen molar-refractivity contribution in [2.24, 2.45) is 0 Å². The molecule has 2 heterocycles. The lowest BCUT2D eigenvalue weighted by Gasteiger charge is -2.15. The van der Waals surface area contributed by atoms with Gasteiger partial charge in [0.1, 0.15) is 5.76 Å². The topological polar surface area (TPSA) is 50.5 Å². The Morgan fingerprint density at radius 3 is 2.62 bits per heavy atom. The molecule has 0 spiro atoms. The zero-order valence-corrected chi connectivity index (χ0v) is 13.0. The van der Waals surface area contributed by atoms with Crippen LogP contribution in [0.4, 0.5) is 0 Å². The van der Waals surface area contributed by atoms with E-state index >= 15 is 0 Å². The van der Waals surface area contributed by atoms with E-state index < -0.39 is 10.0 Å². The van der Waals surface area contributed by atoms with Crippen LogP contribution in [0.5, 0.6) is 0 Å². The Kier molecular flexibility index (Phi) is 4.06. The van der Waals surface area contributed by atoms with E-state index in [9.17, 15) is 8.42 Å². The Balaban J connectivity index is 1.79. The summed E-state index contributed by atoms with van der Waals surface area (Å²) >= 11 is 5.65. The summed E-state index contributed by atoms with van der Waals surface area (Å²) in [6.07, 6.45) is 0.826. The molecule has 6 heteroatoms. The fraction of sp³-hybridized carbons (Fsp3) is 0.333. The molecule has 3 rings (SSSR count). The van der Waals surface area contributed by atoms with E-state index in [1.54, 1.807) is 6.07 Å². The molecule has 1 aromatic heterocycles. The molecule has 1 unspecified atom stereocenters. The molecule has 2 aromatic rings. The molecule has 0 amide bonds. The van der Waals surface area contributed by atoms with Gasteiger partial charge in [0, 0.05) is 13.1 Å². The third kappa shape index (κ3) is 2.86. The van der Waals surface area contributed by atoms with Gasteiger partial charge < -0.3 is 4.42 Å². The molecule has 1 fully saturated rings. The third-order valence-electron chi connectivity index (χ3n) is 3.78. The quantitative estimate of drug-likeness (QED) is 0.811. The number of sulfonamides is 1. The molecule has 0 bridgehead atoms. The fourth-order valence-electron chi connectivity index (χ4n) is 2.64. The monoisotopic (exact) mass is 325 g/mol. The highest BCUT2D eigenvalue weighted by Gasteiger charge is 2.34. The minimum Gasteiger partial charge on any atom is -0.447 e. The van der Waals surface area contributed by atoms with Crippen LogP contribution in [0.3, 0.4) is 0 Å². The van der Waals surface area contributed by atoms with Gasteiger partial charge in [0.25, 0.3) is 10.0 Å². The summed E-state index contributed by atoms with van der Waals surface area (Å²) in [4.78, 5) is 0. The van der Waals surface area contributed by atoms with Gasteiger partial charge in [-0.1, -0.05) is 30.3 Å². The zero-order chi connectivity index (χ0) is 14.9. The zero-order valence-electron chi connectivity index (χ0n) is 11.4. The largest absolute Gasteiger partial charge is 0.447 e. The van der Waals surface area contributed by atoms with Crippen molar-refractivity contribution in [1.29, 1.82) is 0 Å². The van der Waals surface area contributed by atoms with E-state index in [-0.39, 0.29) is 16.9 Å². The highest BCUT2D eigenvalue weighted by atomic mass is 35.5. The van der Waals surface area contributed by atoms with Crippen LogP contribution < -0.4 is 0 Å². The average Bonchev–Trinajstić information content (AvgIpc) is 3.18. The summed E-state index contributed by atoms with van der Waals surface area (Å²) in [5.74, 6) is 0.875. The first-order valence-electron chi connectivity index (χ1n) is 6.81. The van der Waals surface area contributed by atoms with Crippen molar-refractivity contribution in [3.05, 3.63) is 53.8 Å². The first kappa shape index (κ1) is 14.6. The van der Waals surface area contributed by atoms with Crippen LogP contribution in [0.2, 0.25) is 0 Å². The van der Waals surface area contributed by atoms with E-state index in [4.69, 9.17) is 16.0 Å². The number of benzene rings is 1. The third-order valence-corrected chi connectivity index (χ3v) is 5.79. The summed E-state index contributed by atoms with van der Waals surface area (Å²) in [5, 5.41) is -0.0214. The molecular weight excluding hydrogens is 310 g/mol. The van der Waals surface area contributed by atoms with Gasteiger partial charge in [0.05, 0.1) is 5.88 Å². The van der Waals surface area contributed by atoms with Gasteiger partial charge in [0.2, 0.25) is 5.09 Å². The number of hydrogen-bond acceptors (Lipinski definition) is 3. The van der Waals surface area contributed by atoms with Crippen LogP contribution in [-0.2, 0) is 15.9 Å². The van der Waals surface area contributed by atoms with Crippen LogP contribution in [-0.4, -0.2) is 25.8 Å². The van der Waals surface area contributed by atoms with Crippen molar-refractivity contribution in [3.8, 4) is 0 Å². The van der Waals surface area contributed by atoms with Crippen molar-refractivity contribution < 1.29 is 12.8 Å². The molecule has 112 valence electrons. The van der Waals surface area contributed by atoms with Gasteiger partial charge in [0.15, 0.2) is 0 Å². The lowest BCUT2D eigenvalue weighted by Crippen LogP contribution is -2.28. The Morgan fingerprint density at radius 2 is 1.95 bits per heavy atom. The highest BCUT2D eigenvalue weighted by Crippen LogP contribution is 2.31. The summed E-state index contributed by atoms with van der Waals surface area (Å²) < 4.78 is 31.8. The van der Waals surface area contributed by atoms with Crippen molar-refractivity contribution in [1.82, 2.24) is 4.31 Å². The maximum absolute atomic E-state index is 12.5. The number of furan rings is 1. The molecule has 1 aromatic carbocycles. The van der Waals surface area contributed by atoms with Crippen LogP contribution in [0.25, 0.3) is 0 Å². The molecule has 1 atom stereocenters. The van der Waals surface area contributed by atoms with E-state index in [0.29, 0.717) is 18.8 Å². The average molecular weight is 326 g/mol. The summed E-state index contributed by atoms with van der Waals surface area (Å²) in [5.41, 5.74) is 1.18. The second-order valence-electron chi connectivity index (χ2n) is 5.11. The molecule has 1 saturated heterocycles. The smallest absolute Gasteiger partial charge is 0.276 e. The molecular formula is C15H16ClNO3S. The van der Waals surface area contributed by atoms with Gasteiger partial charge in [-0.2, -0.15) is 4.31 Å². The minimum absolute atomic E-state index is 0.0214. The minimum atomic E-state index is -3.56. The maximum atomic E-state index is 12.5. The number of halogens is 1. The lowest BCUT2D eigenvalue weighted by atomic mass is 9.99. The number of rotatable bonds is 4. The van der Waals surface area contributed by atoms with Crippen molar-refractivity contribution >= 4 is 21.6 Å². The Morgan fingerprint density at radius 1 is 1.19 bits per heavy atom. The van der Waals surface area contributed by atoms with E-state index in [0.717, 1.165) is 6.42 Å². The standard InChI is InChI=1S/C15H16ClNO3S/c16-10-14-6-7-15(20-14)21(18,19)17-9-8-13(11-17)12-4-2-1-3-5-12/h1-7,13H,8-11H2. The van der Waals surface area contributed by atoms with Crippen molar-refractivity contribution in [2.45, 2.75) is 23.3 Å². The highest BCUT2D eigenvalue weighted by molar-refractivity contribution is 7.89. The Hall–Kier alpha value is -1.30. The maximum Gasteiger partial charge on any atom is 0.276 e. The fourth-order valence-corrected chi connectivity index (χ4v) is 4.21. The first-order valence-corrected chi connectivity index (χ1v) is 8.78. The molecule has 0 aliphatic carbocycles. The number of hydrogen-bond donors (Lipinski definition) is 0. The van der Waals surface area contributed by atoms with Crippen molar-refractivity contribution in [2.75, 3.05) is 13.1 Å². The molecule has 1 aliphatic heterocycles. The van der Waals surface area contributed by atoms with E-state index in [1.165, 1.54) is 15.9 Å². The summed E-state index contributed by atoms with van der Waals surface area (Å²) in [6.45, 7) is 1.00. The van der Waals surface area contributed by atoms with Crippen molar-refractivity contribution in [3.63, 3.8) is 0 Å². The first-order chi connectivity index (χ1) is 10.1. The molecule has 0 N–H and O–H groups in total. The van der Waals surface area contributed by atoms with Gasteiger partial charge in [-0.15, -0.1) is 11.6 Å². The van der Waals surface area contributed by atoms with Gasteiger partial charge in [-0.05, 0) is 30.0 Å². The molecule has 1 aliphatic rings. The molecule has 0 radical (unpaired) electrons. The molecule has 0 saturated carbocycles. The van der Waals surface area contributed by atoms with Crippen LogP contribution in [0.15, 0.2) is 52.0 Å². The Labute approximate surface area is 129 Å². The van der Waals surface area contributed by atoms with Crippen LogP contribution >= 0.6 is 11.6 Å². The predicted octanol–water partition coefficient (Wildman–Crippen LogP) is 3.20. The van der Waals surface area contributed by atoms with Crippen LogP contribution in [0.1, 0.15) is 23.7 Å². The molecule has 4 nitrogen and oxygen atoms in total. The van der Waals surface area contributed by atoms with Crippen LogP contribution in [0, 0.1) is 0 Å². The summed E-state index contributed by atoms with van der Waals surface area (Å²) in [7, 11) is -3.56. The lowest BCUT2D eigenvalue weighted by molar-refractivity contribution is 0.395. The second-order valence-corrected chi connectivity index (χ2v) is 7.25. The summed E-state index contributed by atoms with van der Waals surface area (Å²) in [6, 6.07) is 13.1. The van der Waals surface area contributed by atoms with Gasteiger partial charge >= 0.3 is 0 Å². The Bertz CT molecular complexity index is 712. The number of alkyl halides is 1. The molecule has 21 heavy (non-hydrogen) atoms. The number of nitrogens with zero attached hydrogens (tertiary/aromatic N) is 1. The van der Waals surface area contributed by atoms with Gasteiger partial charge in [-0.25, -0.2) is 8.42 Å². The SMILES string of the molecule is O=S(=O)(c1ccc(CCl)o1)N1CCC(c2ccccc2)C1.